The average Bonchev–Trinajstić information content (AvgIpc) is 2.99. The lowest BCUT2D eigenvalue weighted by molar-refractivity contribution is -0.220. The molecule has 2 nitrogen and oxygen atoms in total. The zero-order valence-corrected chi connectivity index (χ0v) is 19.9. The van der Waals surface area contributed by atoms with Gasteiger partial charge in [-0.2, -0.15) is 0 Å². The molecule has 9 unspecified atom stereocenters. The Bertz CT molecular complexity index is 587. The normalized spacial score (nSPS) is 50.7. The minimum Gasteiger partial charge on any atom is -0.393 e. The van der Waals surface area contributed by atoms with Crippen LogP contribution >= 0.6 is 0 Å². The SMILES string of the molecule is CC(C)CCCC(C)C1CCC2C3CCC4(O)CC(O)CCC4(C)C3CCC12C. The van der Waals surface area contributed by atoms with Crippen LogP contribution < -0.4 is 0 Å². The van der Waals surface area contributed by atoms with E-state index in [1.54, 1.807) is 0 Å². The van der Waals surface area contributed by atoms with Crippen LogP contribution in [0.4, 0.5) is 0 Å². The predicted octanol–water partition coefficient (Wildman–Crippen LogP) is 6.58. The van der Waals surface area contributed by atoms with Crippen LogP contribution in [0.25, 0.3) is 0 Å². The lowest BCUT2D eigenvalue weighted by Gasteiger charge is -2.64. The number of aliphatic hydroxyl groups is 2. The van der Waals surface area contributed by atoms with Gasteiger partial charge in [0.05, 0.1) is 11.7 Å². The molecule has 9 atom stereocenters. The summed E-state index contributed by atoms with van der Waals surface area (Å²) in [6, 6.07) is 0. The van der Waals surface area contributed by atoms with Crippen molar-refractivity contribution in [3.63, 3.8) is 0 Å². The smallest absolute Gasteiger partial charge is 0.0728 e. The van der Waals surface area contributed by atoms with Crippen LogP contribution in [0, 0.1) is 46.3 Å². The molecule has 2 N–H and O–H groups in total. The summed E-state index contributed by atoms with van der Waals surface area (Å²) in [5.41, 5.74) is -0.0719. The van der Waals surface area contributed by atoms with Gasteiger partial charge in [0.1, 0.15) is 0 Å². The van der Waals surface area contributed by atoms with E-state index in [0.29, 0.717) is 17.8 Å². The Kier molecular flexibility index (Phi) is 5.95. The van der Waals surface area contributed by atoms with Gasteiger partial charge in [-0.1, -0.05) is 53.9 Å². The first-order valence-corrected chi connectivity index (χ1v) is 13.0. The average molecular weight is 405 g/mol. The van der Waals surface area contributed by atoms with Crippen LogP contribution in [0.2, 0.25) is 0 Å². The Labute approximate surface area is 180 Å². The van der Waals surface area contributed by atoms with Crippen LogP contribution in [0.1, 0.15) is 112 Å². The van der Waals surface area contributed by atoms with Gasteiger partial charge in [-0.05, 0) is 97.7 Å². The van der Waals surface area contributed by atoms with Crippen molar-refractivity contribution in [2.75, 3.05) is 0 Å². The second kappa shape index (κ2) is 7.80. The molecule has 4 aliphatic rings. The number of hydrogen-bond acceptors (Lipinski definition) is 2. The summed E-state index contributed by atoms with van der Waals surface area (Å²) in [6.07, 6.45) is 14.1. The number of hydrogen-bond donors (Lipinski definition) is 2. The molecule has 2 heteroatoms. The largest absolute Gasteiger partial charge is 0.393 e. The highest BCUT2D eigenvalue weighted by atomic mass is 16.3. The molecule has 0 aromatic carbocycles. The molecule has 4 rings (SSSR count). The molecule has 0 aromatic heterocycles. The minimum absolute atomic E-state index is 0.0252. The third kappa shape index (κ3) is 3.53. The molecule has 168 valence electrons. The van der Waals surface area contributed by atoms with Crippen molar-refractivity contribution in [3.8, 4) is 0 Å². The first-order valence-electron chi connectivity index (χ1n) is 13.0. The van der Waals surface area contributed by atoms with Gasteiger partial charge in [0.2, 0.25) is 0 Å². The number of aliphatic hydroxyl groups excluding tert-OH is 1. The van der Waals surface area contributed by atoms with Crippen LogP contribution in [0.15, 0.2) is 0 Å². The molecular formula is C27H48O2. The molecule has 0 aromatic rings. The van der Waals surface area contributed by atoms with Crippen molar-refractivity contribution in [2.24, 2.45) is 46.3 Å². The summed E-state index contributed by atoms with van der Waals surface area (Å²) in [5.74, 6) is 4.94. The molecule has 0 spiro atoms. The van der Waals surface area contributed by atoms with Crippen molar-refractivity contribution in [1.82, 2.24) is 0 Å². The van der Waals surface area contributed by atoms with E-state index < -0.39 is 5.60 Å². The third-order valence-corrected chi connectivity index (χ3v) is 11.0. The van der Waals surface area contributed by atoms with Gasteiger partial charge in [0.25, 0.3) is 0 Å². The van der Waals surface area contributed by atoms with Gasteiger partial charge in [0, 0.05) is 6.42 Å². The van der Waals surface area contributed by atoms with Crippen LogP contribution in [-0.2, 0) is 0 Å². The maximum atomic E-state index is 11.6. The fourth-order valence-electron chi connectivity index (χ4n) is 9.25. The standard InChI is InChI=1S/C27H48O2/c1-18(2)7-6-8-19(3)22-9-10-23-21-12-16-27(29)17-20(28)11-15-26(27,5)24(21)13-14-25(22,23)4/h18-24,28-29H,6-17H2,1-5H3. The lowest BCUT2D eigenvalue weighted by Crippen LogP contribution is -2.62. The van der Waals surface area contributed by atoms with Crippen LogP contribution in [-0.4, -0.2) is 21.9 Å². The number of fused-ring (bicyclic) bond motifs is 5. The van der Waals surface area contributed by atoms with E-state index in [2.05, 4.69) is 34.6 Å². The minimum atomic E-state index is -0.623. The van der Waals surface area contributed by atoms with Gasteiger partial charge in [0.15, 0.2) is 0 Å². The van der Waals surface area contributed by atoms with Crippen molar-refractivity contribution in [3.05, 3.63) is 0 Å². The summed E-state index contributed by atoms with van der Waals surface area (Å²) < 4.78 is 0. The first kappa shape index (κ1) is 22.1. The zero-order valence-electron chi connectivity index (χ0n) is 19.9. The van der Waals surface area contributed by atoms with Gasteiger partial charge in [-0.25, -0.2) is 0 Å². The van der Waals surface area contributed by atoms with Crippen molar-refractivity contribution in [2.45, 2.75) is 123 Å². The van der Waals surface area contributed by atoms with Gasteiger partial charge >= 0.3 is 0 Å². The summed E-state index contributed by atoms with van der Waals surface area (Å²) >= 11 is 0. The van der Waals surface area contributed by atoms with E-state index in [4.69, 9.17) is 0 Å². The highest BCUT2D eigenvalue weighted by Crippen LogP contribution is 2.69. The Morgan fingerprint density at radius 3 is 2.34 bits per heavy atom. The molecule has 0 aliphatic heterocycles. The van der Waals surface area contributed by atoms with Gasteiger partial charge in [-0.15, -0.1) is 0 Å². The topological polar surface area (TPSA) is 40.5 Å². The fraction of sp³-hybridized carbons (Fsp3) is 1.00. The molecule has 0 amide bonds. The molecule has 29 heavy (non-hydrogen) atoms. The Balaban J connectivity index is 1.49. The van der Waals surface area contributed by atoms with E-state index >= 15 is 0 Å². The monoisotopic (exact) mass is 404 g/mol. The summed E-state index contributed by atoms with van der Waals surface area (Å²) in [4.78, 5) is 0. The number of rotatable bonds is 5. The highest BCUT2D eigenvalue weighted by Gasteiger charge is 2.64. The first-order chi connectivity index (χ1) is 13.6. The Morgan fingerprint density at radius 2 is 1.62 bits per heavy atom. The molecule has 0 heterocycles. The quantitative estimate of drug-likeness (QED) is 0.543. The van der Waals surface area contributed by atoms with E-state index in [1.165, 1.54) is 51.4 Å². The van der Waals surface area contributed by atoms with E-state index in [1.807, 2.05) is 0 Å². The van der Waals surface area contributed by atoms with Crippen molar-refractivity contribution >= 4 is 0 Å². The predicted molar refractivity (Wildman–Crippen MR) is 121 cm³/mol. The van der Waals surface area contributed by atoms with E-state index in [9.17, 15) is 10.2 Å². The molecule has 0 saturated heterocycles. The molecule has 4 fully saturated rings. The van der Waals surface area contributed by atoms with E-state index in [-0.39, 0.29) is 11.5 Å². The van der Waals surface area contributed by atoms with Gasteiger partial charge < -0.3 is 10.2 Å². The van der Waals surface area contributed by atoms with Crippen molar-refractivity contribution < 1.29 is 10.2 Å². The maximum Gasteiger partial charge on any atom is 0.0728 e. The summed E-state index contributed by atoms with van der Waals surface area (Å²) in [7, 11) is 0. The Morgan fingerprint density at radius 1 is 0.862 bits per heavy atom. The van der Waals surface area contributed by atoms with Crippen molar-refractivity contribution in [1.29, 1.82) is 0 Å². The maximum absolute atomic E-state index is 11.6. The van der Waals surface area contributed by atoms with E-state index in [0.717, 1.165) is 48.9 Å². The van der Waals surface area contributed by atoms with Crippen LogP contribution in [0.3, 0.4) is 0 Å². The third-order valence-electron chi connectivity index (χ3n) is 11.0. The second-order valence-electron chi connectivity index (χ2n) is 12.8. The van der Waals surface area contributed by atoms with Crippen LogP contribution in [0.5, 0.6) is 0 Å². The fourth-order valence-corrected chi connectivity index (χ4v) is 9.25. The lowest BCUT2D eigenvalue weighted by atomic mass is 9.43. The zero-order chi connectivity index (χ0) is 21.0. The molecule has 0 radical (unpaired) electrons. The molecule has 4 aliphatic carbocycles. The molecule has 0 bridgehead atoms. The van der Waals surface area contributed by atoms with Gasteiger partial charge in [-0.3, -0.25) is 0 Å². The Hall–Kier alpha value is -0.0800. The summed E-state index contributed by atoms with van der Waals surface area (Å²) in [6.45, 7) is 12.3. The molecule has 4 saturated carbocycles. The summed E-state index contributed by atoms with van der Waals surface area (Å²) in [5, 5.41) is 21.8. The molecular weight excluding hydrogens is 356 g/mol. The highest BCUT2D eigenvalue weighted by molar-refractivity contribution is 5.14. The second-order valence-corrected chi connectivity index (χ2v) is 12.8.